The molecule has 2 atom stereocenters. The molecule has 2 amide bonds. The Morgan fingerprint density at radius 2 is 1.95 bits per heavy atom. The molecule has 2 heterocycles. The van der Waals surface area contributed by atoms with E-state index in [0.717, 1.165) is 25.8 Å². The highest BCUT2D eigenvalue weighted by Crippen LogP contribution is 2.26. The first kappa shape index (κ1) is 16.1. The van der Waals surface area contributed by atoms with Crippen molar-refractivity contribution in [3.63, 3.8) is 0 Å². The molecule has 2 aliphatic heterocycles. The second-order valence-corrected chi connectivity index (χ2v) is 7.30. The van der Waals surface area contributed by atoms with Crippen LogP contribution in [0.2, 0.25) is 0 Å². The van der Waals surface area contributed by atoms with Gasteiger partial charge < -0.3 is 14.5 Å². The summed E-state index contributed by atoms with van der Waals surface area (Å²) in [6, 6.07) is 0.138. The normalized spacial score (nSPS) is 27.7. The first-order chi connectivity index (χ1) is 9.78. The number of nitrogens with zero attached hydrogens (tertiary/aromatic N) is 2. The monoisotopic (exact) mass is 296 g/mol. The Bertz CT molecular complexity index is 403. The molecule has 21 heavy (non-hydrogen) atoms. The van der Waals surface area contributed by atoms with Crippen LogP contribution in [-0.4, -0.2) is 53.1 Å². The summed E-state index contributed by atoms with van der Waals surface area (Å²) in [6.45, 7) is 9.96. The van der Waals surface area contributed by atoms with Crippen molar-refractivity contribution in [2.75, 3.05) is 19.6 Å². The summed E-state index contributed by atoms with van der Waals surface area (Å²) < 4.78 is 5.46. The van der Waals surface area contributed by atoms with Gasteiger partial charge in [-0.1, -0.05) is 6.92 Å². The van der Waals surface area contributed by atoms with Gasteiger partial charge in [-0.2, -0.15) is 0 Å². The maximum absolute atomic E-state index is 12.2. The predicted octanol–water partition coefficient (Wildman–Crippen LogP) is 2.64. The molecule has 5 heteroatoms. The molecule has 2 fully saturated rings. The van der Waals surface area contributed by atoms with E-state index in [4.69, 9.17) is 4.74 Å². The van der Waals surface area contributed by atoms with E-state index in [2.05, 4.69) is 6.92 Å². The average Bonchev–Trinajstić information content (AvgIpc) is 2.38. The molecule has 0 aliphatic carbocycles. The fourth-order valence-electron chi connectivity index (χ4n) is 3.12. The molecule has 0 aromatic heterocycles. The molecule has 120 valence electrons. The van der Waals surface area contributed by atoms with Crippen LogP contribution in [0.5, 0.6) is 0 Å². The summed E-state index contributed by atoms with van der Waals surface area (Å²) in [6.07, 6.45) is 3.38. The van der Waals surface area contributed by atoms with Crippen molar-refractivity contribution in [1.82, 2.24) is 9.80 Å². The van der Waals surface area contributed by atoms with Crippen LogP contribution in [0.3, 0.4) is 0 Å². The van der Waals surface area contributed by atoms with E-state index in [9.17, 15) is 9.59 Å². The van der Waals surface area contributed by atoms with Crippen molar-refractivity contribution < 1.29 is 14.3 Å². The van der Waals surface area contributed by atoms with Crippen LogP contribution in [0.4, 0.5) is 4.79 Å². The zero-order valence-electron chi connectivity index (χ0n) is 13.7. The second-order valence-electron chi connectivity index (χ2n) is 7.30. The van der Waals surface area contributed by atoms with Crippen LogP contribution in [-0.2, 0) is 9.53 Å². The smallest absolute Gasteiger partial charge is 0.410 e. The minimum absolute atomic E-state index is 0.138. The van der Waals surface area contributed by atoms with Gasteiger partial charge in [0.05, 0.1) is 6.04 Å². The SMILES string of the molecule is CC1CCN(C(=O)OC(C)(C)C)CC1N1CCCCC1=O. The number of rotatable bonds is 1. The van der Waals surface area contributed by atoms with E-state index in [1.54, 1.807) is 4.90 Å². The van der Waals surface area contributed by atoms with Crippen LogP contribution in [0.25, 0.3) is 0 Å². The first-order valence-corrected chi connectivity index (χ1v) is 8.05. The molecule has 2 saturated heterocycles. The Morgan fingerprint density at radius 3 is 2.57 bits per heavy atom. The molecular formula is C16H28N2O3. The summed E-state index contributed by atoms with van der Waals surface area (Å²) in [5.41, 5.74) is -0.476. The molecular weight excluding hydrogens is 268 g/mol. The summed E-state index contributed by atoms with van der Waals surface area (Å²) in [7, 11) is 0. The van der Waals surface area contributed by atoms with Gasteiger partial charge in [0, 0.05) is 26.1 Å². The zero-order chi connectivity index (χ0) is 15.6. The van der Waals surface area contributed by atoms with Crippen LogP contribution < -0.4 is 0 Å². The van der Waals surface area contributed by atoms with Crippen LogP contribution in [0, 0.1) is 5.92 Å². The first-order valence-electron chi connectivity index (χ1n) is 8.05. The van der Waals surface area contributed by atoms with Crippen molar-refractivity contribution in [3.05, 3.63) is 0 Å². The third-order valence-electron chi connectivity index (χ3n) is 4.33. The zero-order valence-corrected chi connectivity index (χ0v) is 13.7. The van der Waals surface area contributed by atoms with E-state index >= 15 is 0 Å². The number of hydrogen-bond acceptors (Lipinski definition) is 3. The highest BCUT2D eigenvalue weighted by molar-refractivity contribution is 5.77. The van der Waals surface area contributed by atoms with E-state index in [1.165, 1.54) is 0 Å². The minimum Gasteiger partial charge on any atom is -0.444 e. The number of carbonyl (C=O) groups is 2. The Kier molecular flexibility index (Phi) is 4.79. The number of likely N-dealkylation sites (tertiary alicyclic amines) is 2. The quantitative estimate of drug-likeness (QED) is 0.747. The summed E-state index contributed by atoms with van der Waals surface area (Å²) in [4.78, 5) is 28.1. The predicted molar refractivity (Wildman–Crippen MR) is 80.9 cm³/mol. The molecule has 0 N–H and O–H groups in total. The summed E-state index contributed by atoms with van der Waals surface area (Å²) in [5.74, 6) is 0.676. The van der Waals surface area contributed by atoms with Gasteiger partial charge in [0.1, 0.15) is 5.60 Å². The lowest BCUT2D eigenvalue weighted by molar-refractivity contribution is -0.138. The van der Waals surface area contributed by atoms with Gasteiger partial charge in [-0.3, -0.25) is 4.79 Å². The van der Waals surface area contributed by atoms with Gasteiger partial charge >= 0.3 is 6.09 Å². The molecule has 2 unspecified atom stereocenters. The number of carbonyl (C=O) groups excluding carboxylic acids is 2. The maximum atomic E-state index is 12.2. The van der Waals surface area contributed by atoms with Crippen LogP contribution in [0.1, 0.15) is 53.4 Å². The Balaban J connectivity index is 2.01. The fraction of sp³-hybridized carbons (Fsp3) is 0.875. The molecule has 0 aromatic rings. The van der Waals surface area contributed by atoms with Gasteiger partial charge in [0.15, 0.2) is 0 Å². The molecule has 5 nitrogen and oxygen atoms in total. The lowest BCUT2D eigenvalue weighted by atomic mass is 9.91. The molecule has 0 spiro atoms. The third kappa shape index (κ3) is 4.11. The highest BCUT2D eigenvalue weighted by Gasteiger charge is 2.37. The molecule has 0 bridgehead atoms. The van der Waals surface area contributed by atoms with Gasteiger partial charge in [-0.15, -0.1) is 0 Å². The van der Waals surface area contributed by atoms with Crippen molar-refractivity contribution >= 4 is 12.0 Å². The lowest BCUT2D eigenvalue weighted by Crippen LogP contribution is -2.56. The number of amides is 2. The highest BCUT2D eigenvalue weighted by atomic mass is 16.6. The molecule has 2 rings (SSSR count). The topological polar surface area (TPSA) is 49.9 Å². The largest absolute Gasteiger partial charge is 0.444 e. The Morgan fingerprint density at radius 1 is 1.24 bits per heavy atom. The van der Waals surface area contributed by atoms with E-state index in [0.29, 0.717) is 25.4 Å². The molecule has 0 aromatic carbocycles. The van der Waals surface area contributed by atoms with E-state index in [1.807, 2.05) is 25.7 Å². The molecule has 2 aliphatic rings. The lowest BCUT2D eigenvalue weighted by Gasteiger charge is -2.44. The third-order valence-corrected chi connectivity index (χ3v) is 4.33. The van der Waals surface area contributed by atoms with Crippen molar-refractivity contribution in [2.45, 2.75) is 65.0 Å². The van der Waals surface area contributed by atoms with Gasteiger partial charge in [-0.25, -0.2) is 4.79 Å². The van der Waals surface area contributed by atoms with E-state index < -0.39 is 5.60 Å². The summed E-state index contributed by atoms with van der Waals surface area (Å²) >= 11 is 0. The fourth-order valence-corrected chi connectivity index (χ4v) is 3.12. The summed E-state index contributed by atoms with van der Waals surface area (Å²) in [5, 5.41) is 0. The van der Waals surface area contributed by atoms with E-state index in [-0.39, 0.29) is 18.0 Å². The number of ether oxygens (including phenoxy) is 1. The van der Waals surface area contributed by atoms with Crippen molar-refractivity contribution in [3.8, 4) is 0 Å². The van der Waals surface area contributed by atoms with Crippen molar-refractivity contribution in [2.24, 2.45) is 5.92 Å². The van der Waals surface area contributed by atoms with Gasteiger partial charge in [-0.05, 0) is 46.0 Å². The van der Waals surface area contributed by atoms with Gasteiger partial charge in [0.2, 0.25) is 5.91 Å². The van der Waals surface area contributed by atoms with Crippen LogP contribution in [0.15, 0.2) is 0 Å². The van der Waals surface area contributed by atoms with Gasteiger partial charge in [0.25, 0.3) is 0 Å². The second kappa shape index (κ2) is 6.24. The molecule has 0 saturated carbocycles. The van der Waals surface area contributed by atoms with Crippen LogP contribution >= 0.6 is 0 Å². The van der Waals surface area contributed by atoms with Crippen molar-refractivity contribution in [1.29, 1.82) is 0 Å². The maximum Gasteiger partial charge on any atom is 0.410 e. The Labute approximate surface area is 127 Å². The standard InChI is InChI=1S/C16H28N2O3/c1-12-8-10-17(15(20)21-16(2,3)4)11-13(12)18-9-6-5-7-14(18)19/h12-13H,5-11H2,1-4H3. The number of piperidine rings is 2. The number of hydrogen-bond donors (Lipinski definition) is 0. The average molecular weight is 296 g/mol. The minimum atomic E-state index is -0.476. The Hall–Kier alpha value is -1.26. The molecule has 0 radical (unpaired) electrons.